The van der Waals surface area contributed by atoms with Crippen LogP contribution in [-0.4, -0.2) is 24.5 Å². The maximum Gasteiger partial charge on any atom is 0.0325 e. The molecule has 0 aromatic carbocycles. The predicted octanol–water partition coefficient (Wildman–Crippen LogP) is 3.07. The molecular weight excluding hydrogens is 284 g/mol. The number of nitrogens with two attached hydrogens (primary N) is 1. The molecule has 90 valence electrons. The Kier molecular flexibility index (Phi) is 4.41. The molecule has 1 aliphatic rings. The van der Waals surface area contributed by atoms with E-state index in [2.05, 4.69) is 39.3 Å². The Balaban J connectivity index is 1.69. The molecule has 1 aromatic rings. The van der Waals surface area contributed by atoms with Gasteiger partial charge in [-0.3, -0.25) is 0 Å². The van der Waals surface area contributed by atoms with Crippen molar-refractivity contribution in [3.05, 3.63) is 20.8 Å². The Bertz CT molecular complexity index is 336. The molecule has 2 N–H and O–H groups in total. The van der Waals surface area contributed by atoms with Crippen LogP contribution < -0.4 is 5.73 Å². The fraction of sp³-hybridized carbons (Fsp3) is 0.667. The molecule has 16 heavy (non-hydrogen) atoms. The van der Waals surface area contributed by atoms with Crippen LogP contribution in [0.5, 0.6) is 0 Å². The van der Waals surface area contributed by atoms with Gasteiger partial charge < -0.3 is 10.6 Å². The Morgan fingerprint density at radius 3 is 2.94 bits per heavy atom. The molecule has 1 heterocycles. The second kappa shape index (κ2) is 5.63. The quantitative estimate of drug-likeness (QED) is 0.875. The third kappa shape index (κ3) is 3.84. The smallest absolute Gasteiger partial charge is 0.0325 e. The van der Waals surface area contributed by atoms with Crippen LogP contribution in [0.25, 0.3) is 0 Å². The molecule has 0 spiro atoms. The first-order chi connectivity index (χ1) is 7.65. The van der Waals surface area contributed by atoms with Crippen molar-refractivity contribution in [2.24, 2.45) is 11.7 Å². The van der Waals surface area contributed by atoms with Crippen molar-refractivity contribution in [2.75, 3.05) is 13.6 Å². The van der Waals surface area contributed by atoms with Crippen LogP contribution in [0.15, 0.2) is 15.9 Å². The number of thiophene rings is 1. The maximum atomic E-state index is 6.09. The molecule has 4 heteroatoms. The average molecular weight is 303 g/mol. The number of hydrogen-bond donors (Lipinski definition) is 1. The van der Waals surface area contributed by atoms with Crippen LogP contribution in [0.2, 0.25) is 0 Å². The van der Waals surface area contributed by atoms with Crippen molar-refractivity contribution in [3.63, 3.8) is 0 Å². The van der Waals surface area contributed by atoms with Crippen molar-refractivity contribution in [1.29, 1.82) is 0 Å². The molecule has 1 aliphatic carbocycles. The second-order valence-electron chi connectivity index (χ2n) is 4.76. The van der Waals surface area contributed by atoms with Crippen LogP contribution in [0.1, 0.15) is 24.1 Å². The third-order valence-corrected chi connectivity index (χ3v) is 4.80. The van der Waals surface area contributed by atoms with E-state index in [9.17, 15) is 0 Å². The van der Waals surface area contributed by atoms with Crippen LogP contribution >= 0.6 is 27.3 Å². The highest BCUT2D eigenvalue weighted by Crippen LogP contribution is 2.32. The summed E-state index contributed by atoms with van der Waals surface area (Å²) in [6.45, 7) is 2.14. The predicted molar refractivity (Wildman–Crippen MR) is 73.7 cm³/mol. The van der Waals surface area contributed by atoms with Crippen LogP contribution in [0.3, 0.4) is 0 Å². The molecule has 0 amide bonds. The molecule has 1 unspecified atom stereocenters. The summed E-state index contributed by atoms with van der Waals surface area (Å²) in [7, 11) is 2.17. The third-order valence-electron chi connectivity index (χ3n) is 3.12. The minimum atomic E-state index is 0.428. The lowest BCUT2D eigenvalue weighted by Gasteiger charge is -2.18. The number of halogens is 1. The van der Waals surface area contributed by atoms with E-state index >= 15 is 0 Å². The average Bonchev–Trinajstić information content (AvgIpc) is 3.01. The van der Waals surface area contributed by atoms with Gasteiger partial charge in [-0.05, 0) is 60.8 Å². The van der Waals surface area contributed by atoms with Gasteiger partial charge in [-0.1, -0.05) is 0 Å². The zero-order chi connectivity index (χ0) is 11.5. The van der Waals surface area contributed by atoms with Gasteiger partial charge in [-0.15, -0.1) is 11.3 Å². The Hall–Kier alpha value is 0.1000. The normalized spacial score (nSPS) is 18.0. The van der Waals surface area contributed by atoms with Crippen LogP contribution in [0, 0.1) is 5.92 Å². The second-order valence-corrected chi connectivity index (χ2v) is 6.67. The van der Waals surface area contributed by atoms with Gasteiger partial charge in [0.15, 0.2) is 0 Å². The minimum Gasteiger partial charge on any atom is -0.327 e. The summed E-state index contributed by atoms with van der Waals surface area (Å²) < 4.78 is 1.19. The van der Waals surface area contributed by atoms with E-state index in [0.29, 0.717) is 6.04 Å². The van der Waals surface area contributed by atoms with Gasteiger partial charge >= 0.3 is 0 Å². The zero-order valence-electron chi connectivity index (χ0n) is 9.66. The molecule has 0 saturated heterocycles. The van der Waals surface area contributed by atoms with Crippen LogP contribution in [-0.2, 0) is 6.54 Å². The summed E-state index contributed by atoms with van der Waals surface area (Å²) in [5.74, 6) is 0.823. The summed E-state index contributed by atoms with van der Waals surface area (Å²) >= 11 is 5.29. The number of nitrogens with zero attached hydrogens (tertiary/aromatic N) is 1. The fourth-order valence-electron chi connectivity index (χ4n) is 1.91. The van der Waals surface area contributed by atoms with Crippen molar-refractivity contribution in [1.82, 2.24) is 4.90 Å². The molecule has 2 rings (SSSR count). The zero-order valence-corrected chi connectivity index (χ0v) is 12.1. The van der Waals surface area contributed by atoms with E-state index in [0.717, 1.165) is 25.4 Å². The van der Waals surface area contributed by atoms with E-state index in [4.69, 9.17) is 5.73 Å². The summed E-state index contributed by atoms with van der Waals surface area (Å²) in [6, 6.07) is 2.62. The standard InChI is InChI=1S/C12H19BrN2S/c1-15(5-4-12(14)9-2-3-9)7-11-6-10(13)8-16-11/h6,8-9,12H,2-5,7,14H2,1H3. The van der Waals surface area contributed by atoms with Gasteiger partial charge in [0.25, 0.3) is 0 Å². The monoisotopic (exact) mass is 302 g/mol. The Morgan fingerprint density at radius 2 is 2.38 bits per heavy atom. The number of rotatable bonds is 6. The van der Waals surface area contributed by atoms with E-state index in [1.165, 1.54) is 22.2 Å². The molecule has 1 saturated carbocycles. The molecule has 0 aliphatic heterocycles. The first-order valence-electron chi connectivity index (χ1n) is 5.82. The van der Waals surface area contributed by atoms with Gasteiger partial charge in [0, 0.05) is 27.3 Å². The minimum absolute atomic E-state index is 0.428. The molecule has 0 radical (unpaired) electrons. The Labute approximate surface area is 110 Å². The SMILES string of the molecule is CN(CCC(N)C1CC1)Cc1cc(Br)cs1. The topological polar surface area (TPSA) is 29.3 Å². The summed E-state index contributed by atoms with van der Waals surface area (Å²) in [4.78, 5) is 3.77. The lowest BCUT2D eigenvalue weighted by atomic mass is 10.1. The lowest BCUT2D eigenvalue weighted by Crippen LogP contribution is -2.29. The highest BCUT2D eigenvalue weighted by atomic mass is 79.9. The summed E-state index contributed by atoms with van der Waals surface area (Å²) in [5, 5.41) is 2.14. The fourth-order valence-corrected chi connectivity index (χ4v) is 3.44. The van der Waals surface area contributed by atoms with Gasteiger partial charge in [-0.2, -0.15) is 0 Å². The number of hydrogen-bond acceptors (Lipinski definition) is 3. The van der Waals surface area contributed by atoms with E-state index in [1.54, 1.807) is 0 Å². The summed E-state index contributed by atoms with van der Waals surface area (Å²) in [5.41, 5.74) is 6.09. The van der Waals surface area contributed by atoms with Gasteiger partial charge in [0.2, 0.25) is 0 Å². The van der Waals surface area contributed by atoms with Gasteiger partial charge in [0.05, 0.1) is 0 Å². The molecule has 1 atom stereocenters. The van der Waals surface area contributed by atoms with Crippen LogP contribution in [0.4, 0.5) is 0 Å². The molecule has 0 bridgehead atoms. The van der Waals surface area contributed by atoms with Gasteiger partial charge in [0.1, 0.15) is 0 Å². The van der Waals surface area contributed by atoms with Crippen molar-refractivity contribution in [3.8, 4) is 0 Å². The van der Waals surface area contributed by atoms with Crippen molar-refractivity contribution >= 4 is 27.3 Å². The highest BCUT2D eigenvalue weighted by molar-refractivity contribution is 9.10. The molecule has 1 aromatic heterocycles. The van der Waals surface area contributed by atoms with Crippen molar-refractivity contribution < 1.29 is 0 Å². The molecular formula is C12H19BrN2S. The molecule has 2 nitrogen and oxygen atoms in total. The molecule has 1 fully saturated rings. The first kappa shape index (κ1) is 12.6. The van der Waals surface area contributed by atoms with E-state index in [-0.39, 0.29) is 0 Å². The first-order valence-corrected chi connectivity index (χ1v) is 7.49. The van der Waals surface area contributed by atoms with Crippen molar-refractivity contribution in [2.45, 2.75) is 31.8 Å². The highest BCUT2D eigenvalue weighted by Gasteiger charge is 2.28. The summed E-state index contributed by atoms with van der Waals surface area (Å²) in [6.07, 6.45) is 3.83. The largest absolute Gasteiger partial charge is 0.327 e. The Morgan fingerprint density at radius 1 is 1.62 bits per heavy atom. The van der Waals surface area contributed by atoms with E-state index < -0.39 is 0 Å². The maximum absolute atomic E-state index is 6.09. The lowest BCUT2D eigenvalue weighted by molar-refractivity contribution is 0.307. The van der Waals surface area contributed by atoms with Gasteiger partial charge in [-0.25, -0.2) is 0 Å². The van der Waals surface area contributed by atoms with E-state index in [1.807, 2.05) is 11.3 Å².